The Morgan fingerprint density at radius 2 is 1.04 bits per heavy atom. The zero-order valence-corrected chi connectivity index (χ0v) is 33.2. The molecule has 0 N–H and O–H groups in total. The van der Waals surface area contributed by atoms with Crippen LogP contribution in [-0.4, -0.2) is 0 Å². The third-order valence-corrected chi connectivity index (χ3v) is 12.5. The van der Waals surface area contributed by atoms with Gasteiger partial charge in [-0.15, -0.1) is 0 Å². The molecule has 0 spiro atoms. The van der Waals surface area contributed by atoms with Crippen LogP contribution in [0.1, 0.15) is 70.1 Å². The van der Waals surface area contributed by atoms with Crippen molar-refractivity contribution >= 4 is 55.7 Å². The van der Waals surface area contributed by atoms with E-state index in [0.717, 1.165) is 11.4 Å². The first-order valence-electron chi connectivity index (χ1n) is 20.3. The Balaban J connectivity index is 1.22. The molecule has 56 heavy (non-hydrogen) atoms. The van der Waals surface area contributed by atoms with Gasteiger partial charge < -0.3 is 9.80 Å². The highest BCUT2D eigenvalue weighted by Crippen LogP contribution is 2.56. The van der Waals surface area contributed by atoms with Crippen molar-refractivity contribution in [3.05, 3.63) is 193 Å². The maximum absolute atomic E-state index is 2.47. The van der Waals surface area contributed by atoms with Crippen molar-refractivity contribution in [3.8, 4) is 11.1 Å². The summed E-state index contributed by atoms with van der Waals surface area (Å²) in [7, 11) is 0. The van der Waals surface area contributed by atoms with Crippen LogP contribution in [-0.2, 0) is 5.41 Å². The monoisotopic (exact) mass is 726 g/mol. The summed E-state index contributed by atoms with van der Waals surface area (Å²) in [5.74, 6) is 1.15. The largest absolute Gasteiger partial charge is 0.310 e. The smallest absolute Gasteiger partial charge is 0.0543 e. The summed E-state index contributed by atoms with van der Waals surface area (Å²) in [4.78, 5) is 4.89. The molecule has 0 saturated heterocycles. The molecule has 0 aliphatic heterocycles. The van der Waals surface area contributed by atoms with Crippen molar-refractivity contribution in [2.24, 2.45) is 5.92 Å². The minimum absolute atomic E-state index is 0.252. The average Bonchev–Trinajstić information content (AvgIpc) is 3.47. The summed E-state index contributed by atoms with van der Waals surface area (Å²) in [5, 5.41) is 5.00. The Kier molecular flexibility index (Phi) is 9.22. The highest BCUT2D eigenvalue weighted by Gasteiger charge is 2.38. The SMILES string of the molecule is CCCC(C)C(C)c1ccc(N(c2ccc3c(c2)C(C)(C)c2cc(N(c4ccccc4)c4ccccc4)c4ccccc4c2-3)c2cccc3ccccc23)cc1. The second-order valence-electron chi connectivity index (χ2n) is 16.2. The topological polar surface area (TPSA) is 6.48 Å². The number of nitrogens with zero attached hydrogens (tertiary/aromatic N) is 2. The summed E-state index contributed by atoms with van der Waals surface area (Å²) in [6.45, 7) is 11.9. The van der Waals surface area contributed by atoms with E-state index in [-0.39, 0.29) is 5.41 Å². The van der Waals surface area contributed by atoms with Gasteiger partial charge in [-0.2, -0.15) is 0 Å². The van der Waals surface area contributed by atoms with E-state index in [1.165, 1.54) is 85.0 Å². The van der Waals surface area contributed by atoms with Crippen molar-refractivity contribution in [2.45, 2.75) is 58.8 Å². The van der Waals surface area contributed by atoms with Crippen LogP contribution < -0.4 is 9.80 Å². The van der Waals surface area contributed by atoms with Gasteiger partial charge in [0.25, 0.3) is 0 Å². The van der Waals surface area contributed by atoms with E-state index < -0.39 is 0 Å². The van der Waals surface area contributed by atoms with Gasteiger partial charge in [-0.1, -0.05) is 163 Å². The van der Waals surface area contributed by atoms with Crippen LogP contribution in [0, 0.1) is 5.92 Å². The highest BCUT2D eigenvalue weighted by molar-refractivity contribution is 6.10. The van der Waals surface area contributed by atoms with E-state index in [0.29, 0.717) is 11.8 Å². The molecule has 9 rings (SSSR count). The molecule has 0 aromatic heterocycles. The predicted molar refractivity (Wildman–Crippen MR) is 241 cm³/mol. The third-order valence-electron chi connectivity index (χ3n) is 12.5. The number of rotatable bonds is 10. The van der Waals surface area contributed by atoms with Crippen LogP contribution in [0.15, 0.2) is 176 Å². The van der Waals surface area contributed by atoms with Crippen LogP contribution in [0.5, 0.6) is 0 Å². The number of para-hydroxylation sites is 2. The van der Waals surface area contributed by atoms with Gasteiger partial charge in [0.15, 0.2) is 0 Å². The molecule has 0 heterocycles. The molecule has 0 radical (unpaired) electrons. The Labute approximate surface area is 332 Å². The minimum atomic E-state index is -0.252. The number of anilines is 6. The molecule has 0 saturated carbocycles. The van der Waals surface area contributed by atoms with Crippen molar-refractivity contribution in [3.63, 3.8) is 0 Å². The van der Waals surface area contributed by atoms with E-state index in [2.05, 4.69) is 220 Å². The summed E-state index contributed by atoms with van der Waals surface area (Å²) >= 11 is 0. The lowest BCUT2D eigenvalue weighted by Crippen LogP contribution is -2.18. The zero-order chi connectivity index (χ0) is 38.4. The number of hydrogen-bond donors (Lipinski definition) is 0. The van der Waals surface area contributed by atoms with Crippen molar-refractivity contribution in [1.82, 2.24) is 0 Å². The third kappa shape index (κ3) is 6.05. The van der Waals surface area contributed by atoms with Gasteiger partial charge in [-0.05, 0) is 111 Å². The van der Waals surface area contributed by atoms with Crippen LogP contribution in [0.25, 0.3) is 32.7 Å². The first-order valence-corrected chi connectivity index (χ1v) is 20.3. The molecular formula is C54H50N2. The second-order valence-corrected chi connectivity index (χ2v) is 16.2. The molecule has 2 unspecified atom stereocenters. The quantitative estimate of drug-likeness (QED) is 0.138. The normalized spacial score (nSPS) is 13.9. The Bertz CT molecular complexity index is 2610. The molecule has 0 amide bonds. The zero-order valence-electron chi connectivity index (χ0n) is 33.2. The van der Waals surface area contributed by atoms with Crippen LogP contribution in [0.4, 0.5) is 34.1 Å². The van der Waals surface area contributed by atoms with Gasteiger partial charge >= 0.3 is 0 Å². The Hall–Kier alpha value is -6.12. The molecule has 2 nitrogen and oxygen atoms in total. The maximum atomic E-state index is 2.47. The molecule has 8 aromatic rings. The standard InChI is InChI=1S/C54H50N2/c1-6-18-37(2)38(3)39-29-31-43(32-30-39)56(51-28-17-20-40-19-13-14-25-45(40)51)44-33-34-48-49(35-44)54(4,5)50-36-52(46-26-15-16-27-47(46)53(48)50)55(41-21-9-7-10-22-41)42-23-11-8-12-24-42/h7-17,19-38H,6,18H2,1-5H3. The molecule has 276 valence electrons. The first kappa shape index (κ1) is 35.6. The molecule has 0 fully saturated rings. The molecule has 8 aromatic carbocycles. The van der Waals surface area contributed by atoms with E-state index in [1.807, 2.05) is 0 Å². The van der Waals surface area contributed by atoms with Crippen molar-refractivity contribution in [1.29, 1.82) is 0 Å². The van der Waals surface area contributed by atoms with Gasteiger partial charge in [-0.25, -0.2) is 0 Å². The Morgan fingerprint density at radius 1 is 0.482 bits per heavy atom. The fraction of sp³-hybridized carbons (Fsp3) is 0.185. The predicted octanol–water partition coefficient (Wildman–Crippen LogP) is 15.8. The summed E-state index contributed by atoms with van der Waals surface area (Å²) < 4.78 is 0. The van der Waals surface area contributed by atoms with E-state index in [4.69, 9.17) is 0 Å². The second kappa shape index (κ2) is 14.5. The van der Waals surface area contributed by atoms with E-state index in [1.54, 1.807) is 0 Å². The molecule has 2 atom stereocenters. The van der Waals surface area contributed by atoms with Gasteiger partial charge in [0.1, 0.15) is 0 Å². The average molecular weight is 727 g/mol. The lowest BCUT2D eigenvalue weighted by atomic mass is 9.81. The molecule has 2 heteroatoms. The first-order chi connectivity index (χ1) is 27.3. The summed E-state index contributed by atoms with van der Waals surface area (Å²) in [6, 6.07) is 65.0. The van der Waals surface area contributed by atoms with Gasteiger partial charge in [0.05, 0.1) is 11.4 Å². The van der Waals surface area contributed by atoms with Crippen LogP contribution in [0.2, 0.25) is 0 Å². The lowest BCUT2D eigenvalue weighted by molar-refractivity contribution is 0.448. The number of fused-ring (bicyclic) bond motifs is 6. The summed E-state index contributed by atoms with van der Waals surface area (Å²) in [6.07, 6.45) is 2.46. The van der Waals surface area contributed by atoms with Crippen LogP contribution >= 0.6 is 0 Å². The van der Waals surface area contributed by atoms with Gasteiger partial charge in [0, 0.05) is 38.9 Å². The number of benzene rings is 8. The highest BCUT2D eigenvalue weighted by atomic mass is 15.1. The maximum Gasteiger partial charge on any atom is 0.0543 e. The minimum Gasteiger partial charge on any atom is -0.310 e. The van der Waals surface area contributed by atoms with Crippen molar-refractivity contribution < 1.29 is 0 Å². The molecular weight excluding hydrogens is 677 g/mol. The molecule has 1 aliphatic rings. The van der Waals surface area contributed by atoms with Gasteiger partial charge in [0.2, 0.25) is 0 Å². The molecule has 1 aliphatic carbocycles. The Morgan fingerprint density at radius 3 is 1.71 bits per heavy atom. The van der Waals surface area contributed by atoms with E-state index >= 15 is 0 Å². The lowest BCUT2D eigenvalue weighted by Gasteiger charge is -2.30. The van der Waals surface area contributed by atoms with E-state index in [9.17, 15) is 0 Å². The summed E-state index contributed by atoms with van der Waals surface area (Å²) in [5.41, 5.74) is 13.5. The van der Waals surface area contributed by atoms with Crippen molar-refractivity contribution in [2.75, 3.05) is 9.80 Å². The fourth-order valence-electron chi connectivity index (χ4n) is 9.25. The van der Waals surface area contributed by atoms with Gasteiger partial charge in [-0.3, -0.25) is 0 Å². The number of hydrogen-bond acceptors (Lipinski definition) is 2. The molecule has 0 bridgehead atoms. The van der Waals surface area contributed by atoms with Crippen LogP contribution in [0.3, 0.4) is 0 Å². The fourth-order valence-corrected chi connectivity index (χ4v) is 9.25.